The number of hydrogen-bond acceptors (Lipinski definition) is 4. The third kappa shape index (κ3) is 3.47. The van der Waals surface area contributed by atoms with E-state index in [0.29, 0.717) is 25.2 Å². The molecule has 1 aliphatic rings. The van der Waals surface area contributed by atoms with Gasteiger partial charge in [-0.3, -0.25) is 0 Å². The number of aromatic carboxylic acids is 1. The van der Waals surface area contributed by atoms with Crippen LogP contribution in [0.4, 0.5) is 0 Å². The highest BCUT2D eigenvalue weighted by Gasteiger charge is 2.28. The molecule has 1 aliphatic heterocycles. The molecule has 3 rings (SSSR count). The fraction of sp³-hybridized carbons (Fsp3) is 0.294. The fourth-order valence-corrected chi connectivity index (χ4v) is 4.33. The van der Waals surface area contributed by atoms with Crippen molar-refractivity contribution < 1.29 is 18.3 Å². The quantitative estimate of drug-likeness (QED) is 0.918. The molecule has 1 fully saturated rings. The molecule has 126 valence electrons. The first kappa shape index (κ1) is 16.6. The number of carboxylic acids is 1. The van der Waals surface area contributed by atoms with Crippen LogP contribution in [0.5, 0.6) is 0 Å². The molecule has 0 spiro atoms. The molecule has 0 bridgehead atoms. The molecule has 7 heteroatoms. The van der Waals surface area contributed by atoms with E-state index in [1.165, 1.54) is 10.4 Å². The summed E-state index contributed by atoms with van der Waals surface area (Å²) >= 11 is 0. The van der Waals surface area contributed by atoms with Gasteiger partial charge < -0.3 is 5.11 Å². The van der Waals surface area contributed by atoms with Gasteiger partial charge >= 0.3 is 5.97 Å². The van der Waals surface area contributed by atoms with E-state index in [-0.39, 0.29) is 11.4 Å². The highest BCUT2D eigenvalue weighted by atomic mass is 32.2. The summed E-state index contributed by atoms with van der Waals surface area (Å²) in [6.07, 6.45) is 0.656. The van der Waals surface area contributed by atoms with Crippen LogP contribution in [0.1, 0.15) is 28.0 Å². The predicted molar refractivity (Wildman–Crippen MR) is 90.2 cm³/mol. The molecule has 0 atom stereocenters. The van der Waals surface area contributed by atoms with Crippen molar-refractivity contribution in [3.8, 4) is 11.3 Å². The smallest absolute Gasteiger partial charge is 0.354 e. The van der Waals surface area contributed by atoms with Gasteiger partial charge in [0.1, 0.15) is 5.69 Å². The normalized spacial score (nSPS) is 17.0. The third-order valence-electron chi connectivity index (χ3n) is 3.97. The zero-order valence-electron chi connectivity index (χ0n) is 13.3. The first-order valence-electron chi connectivity index (χ1n) is 7.64. The SMILES string of the molecule is Cc1cc(C(=O)O)nc(-c2cccc(CN3CCCS3(=O)=O)c2)c1. The zero-order chi connectivity index (χ0) is 17.3. The average molecular weight is 346 g/mol. The van der Waals surface area contributed by atoms with E-state index in [1.807, 2.05) is 37.3 Å². The van der Waals surface area contributed by atoms with Crippen molar-refractivity contribution in [1.82, 2.24) is 9.29 Å². The van der Waals surface area contributed by atoms with E-state index in [4.69, 9.17) is 5.11 Å². The topological polar surface area (TPSA) is 87.6 Å². The number of carboxylic acid groups (broad SMARTS) is 1. The summed E-state index contributed by atoms with van der Waals surface area (Å²) in [5, 5.41) is 9.15. The molecule has 1 aromatic heterocycles. The van der Waals surface area contributed by atoms with Gasteiger partial charge in [0.05, 0.1) is 11.4 Å². The van der Waals surface area contributed by atoms with Crippen LogP contribution < -0.4 is 0 Å². The van der Waals surface area contributed by atoms with Crippen LogP contribution in [0.25, 0.3) is 11.3 Å². The Morgan fingerprint density at radius 1 is 1.29 bits per heavy atom. The van der Waals surface area contributed by atoms with Crippen LogP contribution >= 0.6 is 0 Å². The van der Waals surface area contributed by atoms with Crippen molar-refractivity contribution in [3.05, 3.63) is 53.2 Å². The minimum Gasteiger partial charge on any atom is -0.477 e. The lowest BCUT2D eigenvalue weighted by molar-refractivity contribution is 0.0690. The van der Waals surface area contributed by atoms with Gasteiger partial charge in [-0.25, -0.2) is 18.2 Å². The summed E-state index contributed by atoms with van der Waals surface area (Å²) in [7, 11) is -3.15. The second kappa shape index (κ2) is 6.33. The Hall–Kier alpha value is -2.25. The molecule has 0 saturated carbocycles. The largest absolute Gasteiger partial charge is 0.477 e. The maximum Gasteiger partial charge on any atom is 0.354 e. The lowest BCUT2D eigenvalue weighted by atomic mass is 10.1. The molecule has 24 heavy (non-hydrogen) atoms. The standard InChI is InChI=1S/C17H18N2O4S/c1-12-8-15(18-16(9-12)17(20)21)14-5-2-4-13(10-14)11-19-6-3-7-24(19,22)23/h2,4-5,8-10H,3,6-7,11H2,1H3,(H,20,21). The monoisotopic (exact) mass is 346 g/mol. The third-order valence-corrected chi connectivity index (χ3v) is 5.88. The van der Waals surface area contributed by atoms with Gasteiger partial charge in [-0.1, -0.05) is 18.2 Å². The molecule has 0 unspecified atom stereocenters. The van der Waals surface area contributed by atoms with Gasteiger partial charge in [0.2, 0.25) is 10.0 Å². The minimum atomic E-state index is -3.15. The van der Waals surface area contributed by atoms with Gasteiger partial charge in [-0.2, -0.15) is 4.31 Å². The Morgan fingerprint density at radius 2 is 2.08 bits per heavy atom. The van der Waals surface area contributed by atoms with E-state index in [0.717, 1.165) is 16.7 Å². The summed E-state index contributed by atoms with van der Waals surface area (Å²) in [6, 6.07) is 10.7. The Bertz CT molecular complexity index is 893. The zero-order valence-corrected chi connectivity index (χ0v) is 14.1. The first-order valence-corrected chi connectivity index (χ1v) is 9.25. The van der Waals surface area contributed by atoms with Crippen molar-refractivity contribution in [2.24, 2.45) is 0 Å². The van der Waals surface area contributed by atoms with Gasteiger partial charge in [0.15, 0.2) is 0 Å². The number of carbonyl (C=O) groups is 1. The average Bonchev–Trinajstić information content (AvgIpc) is 2.85. The summed E-state index contributed by atoms with van der Waals surface area (Å²) < 4.78 is 25.4. The van der Waals surface area contributed by atoms with Gasteiger partial charge in [0.25, 0.3) is 0 Å². The molecular weight excluding hydrogens is 328 g/mol. The second-order valence-electron chi connectivity index (χ2n) is 5.92. The summed E-state index contributed by atoms with van der Waals surface area (Å²) in [5.41, 5.74) is 3.01. The molecule has 1 saturated heterocycles. The fourth-order valence-electron chi connectivity index (χ4n) is 2.83. The molecule has 6 nitrogen and oxygen atoms in total. The van der Waals surface area contributed by atoms with Gasteiger partial charge in [-0.05, 0) is 42.7 Å². The van der Waals surface area contributed by atoms with Crippen LogP contribution in [0, 0.1) is 6.92 Å². The minimum absolute atomic E-state index is 0.00229. The number of hydrogen-bond donors (Lipinski definition) is 1. The van der Waals surface area contributed by atoms with Gasteiger partial charge in [0, 0.05) is 18.7 Å². The number of pyridine rings is 1. The van der Waals surface area contributed by atoms with E-state index < -0.39 is 16.0 Å². The van der Waals surface area contributed by atoms with Crippen LogP contribution in [0.2, 0.25) is 0 Å². The van der Waals surface area contributed by atoms with E-state index >= 15 is 0 Å². The molecule has 0 aliphatic carbocycles. The summed E-state index contributed by atoms with van der Waals surface area (Å²) in [6.45, 7) is 2.68. The molecule has 2 aromatic rings. The van der Waals surface area contributed by atoms with E-state index in [9.17, 15) is 13.2 Å². The van der Waals surface area contributed by atoms with E-state index in [1.54, 1.807) is 0 Å². The lowest BCUT2D eigenvalue weighted by Gasteiger charge is -2.15. The number of aryl methyl sites for hydroxylation is 1. The molecule has 1 aromatic carbocycles. The first-order chi connectivity index (χ1) is 11.3. The summed E-state index contributed by atoms with van der Waals surface area (Å²) in [4.78, 5) is 15.3. The maximum atomic E-state index is 11.9. The van der Waals surface area contributed by atoms with Crippen molar-refractivity contribution in [2.75, 3.05) is 12.3 Å². The Balaban J connectivity index is 1.92. The van der Waals surface area contributed by atoms with Crippen molar-refractivity contribution >= 4 is 16.0 Å². The Labute approximate surface area is 140 Å². The second-order valence-corrected chi connectivity index (χ2v) is 8.01. The van der Waals surface area contributed by atoms with Crippen molar-refractivity contribution in [3.63, 3.8) is 0 Å². The van der Waals surface area contributed by atoms with Crippen LogP contribution in [-0.2, 0) is 16.6 Å². The van der Waals surface area contributed by atoms with E-state index in [2.05, 4.69) is 4.98 Å². The van der Waals surface area contributed by atoms with Crippen molar-refractivity contribution in [2.45, 2.75) is 19.9 Å². The van der Waals surface area contributed by atoms with Crippen molar-refractivity contribution in [1.29, 1.82) is 0 Å². The molecule has 0 amide bonds. The maximum absolute atomic E-state index is 11.9. The molecule has 2 heterocycles. The number of rotatable bonds is 4. The number of benzene rings is 1. The molecule has 1 N–H and O–H groups in total. The number of sulfonamides is 1. The highest BCUT2D eigenvalue weighted by molar-refractivity contribution is 7.89. The Morgan fingerprint density at radius 3 is 2.75 bits per heavy atom. The number of aromatic nitrogens is 1. The van der Waals surface area contributed by atoms with Crippen LogP contribution in [-0.4, -0.2) is 41.1 Å². The van der Waals surface area contributed by atoms with Crippen LogP contribution in [0.3, 0.4) is 0 Å². The summed E-state index contributed by atoms with van der Waals surface area (Å²) in [5.74, 6) is -0.868. The van der Waals surface area contributed by atoms with Gasteiger partial charge in [-0.15, -0.1) is 0 Å². The van der Waals surface area contributed by atoms with Crippen LogP contribution in [0.15, 0.2) is 36.4 Å². The molecule has 0 radical (unpaired) electrons. The predicted octanol–water partition coefficient (Wildman–Crippen LogP) is 2.29. The number of nitrogens with zero attached hydrogens (tertiary/aromatic N) is 2. The molecular formula is C17H18N2O4S. The highest BCUT2D eigenvalue weighted by Crippen LogP contribution is 2.23. The Kier molecular flexibility index (Phi) is 4.38. The lowest BCUT2D eigenvalue weighted by Crippen LogP contribution is -2.25.